The second-order valence-corrected chi connectivity index (χ2v) is 4.57. The van der Waals surface area contributed by atoms with Crippen LogP contribution in [0.2, 0.25) is 0 Å². The number of hydrogen-bond acceptors (Lipinski definition) is 2. The number of imidazole rings is 1. The lowest BCUT2D eigenvalue weighted by Gasteiger charge is -2.18. The zero-order chi connectivity index (χ0) is 14.5. The Morgan fingerprint density at radius 3 is 2.75 bits per heavy atom. The largest absolute Gasteiger partial charge is 0.478 e. The van der Waals surface area contributed by atoms with Crippen LogP contribution in [0.5, 0.6) is 0 Å². The Labute approximate surface area is 111 Å². The van der Waals surface area contributed by atoms with Gasteiger partial charge >= 0.3 is 12.1 Å². The predicted octanol–water partition coefficient (Wildman–Crippen LogP) is 2.82. The van der Waals surface area contributed by atoms with Crippen molar-refractivity contribution in [2.75, 3.05) is 0 Å². The van der Waals surface area contributed by atoms with Gasteiger partial charge in [-0.25, -0.2) is 9.78 Å². The summed E-state index contributed by atoms with van der Waals surface area (Å²) < 4.78 is 39.5. The second kappa shape index (κ2) is 4.09. The number of aromatic carboxylic acids is 1. The molecular formula is C13H9F3N2O2. The summed E-state index contributed by atoms with van der Waals surface area (Å²) in [7, 11) is 0. The summed E-state index contributed by atoms with van der Waals surface area (Å²) in [6.45, 7) is 0.356. The van der Waals surface area contributed by atoms with Crippen LogP contribution in [0.15, 0.2) is 24.4 Å². The maximum Gasteiger partial charge on any atom is 0.434 e. The number of carboxylic acid groups (broad SMARTS) is 1. The zero-order valence-electron chi connectivity index (χ0n) is 10.1. The highest BCUT2D eigenvalue weighted by Crippen LogP contribution is 2.34. The topological polar surface area (TPSA) is 55.1 Å². The second-order valence-electron chi connectivity index (χ2n) is 4.57. The Hall–Kier alpha value is -2.31. The van der Waals surface area contributed by atoms with Crippen molar-refractivity contribution in [3.63, 3.8) is 0 Å². The summed E-state index contributed by atoms with van der Waals surface area (Å²) in [5.74, 6) is -0.826. The van der Waals surface area contributed by atoms with E-state index in [-0.39, 0.29) is 11.4 Å². The number of carboxylic acids is 1. The molecule has 0 amide bonds. The smallest absolute Gasteiger partial charge is 0.434 e. The van der Waals surface area contributed by atoms with Crippen LogP contribution in [0.25, 0.3) is 11.4 Å². The average molecular weight is 282 g/mol. The molecule has 20 heavy (non-hydrogen) atoms. The van der Waals surface area contributed by atoms with Crippen molar-refractivity contribution < 1.29 is 23.1 Å². The zero-order valence-corrected chi connectivity index (χ0v) is 10.1. The molecule has 0 bridgehead atoms. The molecule has 0 saturated heterocycles. The Bertz CT molecular complexity index is 704. The van der Waals surface area contributed by atoms with Crippen LogP contribution in [0.4, 0.5) is 13.2 Å². The van der Waals surface area contributed by atoms with Crippen molar-refractivity contribution in [3.8, 4) is 11.4 Å². The van der Waals surface area contributed by atoms with E-state index in [9.17, 15) is 18.0 Å². The summed E-state index contributed by atoms with van der Waals surface area (Å²) in [4.78, 5) is 14.5. The summed E-state index contributed by atoms with van der Waals surface area (Å²) in [5.41, 5.74) is 0.455. The first-order valence-corrected chi connectivity index (χ1v) is 5.87. The van der Waals surface area contributed by atoms with Crippen molar-refractivity contribution in [2.24, 2.45) is 0 Å². The number of aromatic nitrogens is 2. The standard InChI is InChI=1S/C13H9F3N2O2/c14-13(15,16)10-6-18-4-3-7-5-8(12(19)20)1-2-9(7)11(18)17-10/h1-2,5-6H,3-4H2,(H,19,20). The molecule has 2 heterocycles. The van der Waals surface area contributed by atoms with Crippen LogP contribution < -0.4 is 0 Å². The third-order valence-corrected chi connectivity index (χ3v) is 3.28. The monoisotopic (exact) mass is 282 g/mol. The number of fused-ring (bicyclic) bond motifs is 3. The molecule has 1 aromatic heterocycles. The van der Waals surface area contributed by atoms with Crippen molar-refractivity contribution in [1.82, 2.24) is 9.55 Å². The van der Waals surface area contributed by atoms with Gasteiger partial charge in [-0.1, -0.05) is 6.07 Å². The first-order chi connectivity index (χ1) is 9.36. The van der Waals surface area contributed by atoms with E-state index in [2.05, 4.69) is 4.98 Å². The summed E-state index contributed by atoms with van der Waals surface area (Å²) in [6, 6.07) is 4.37. The van der Waals surface area contributed by atoms with E-state index in [4.69, 9.17) is 5.11 Å². The maximum atomic E-state index is 12.7. The molecule has 1 aliphatic heterocycles. The molecule has 2 aromatic rings. The van der Waals surface area contributed by atoms with Gasteiger partial charge in [0.25, 0.3) is 0 Å². The van der Waals surface area contributed by atoms with E-state index in [0.29, 0.717) is 24.1 Å². The van der Waals surface area contributed by atoms with E-state index >= 15 is 0 Å². The first-order valence-electron chi connectivity index (χ1n) is 5.87. The van der Waals surface area contributed by atoms with Crippen LogP contribution in [0.1, 0.15) is 21.6 Å². The van der Waals surface area contributed by atoms with Gasteiger partial charge in [0.05, 0.1) is 5.56 Å². The molecule has 1 N–H and O–H groups in total. The van der Waals surface area contributed by atoms with Gasteiger partial charge < -0.3 is 9.67 Å². The predicted molar refractivity (Wildman–Crippen MR) is 63.3 cm³/mol. The van der Waals surface area contributed by atoms with E-state index in [0.717, 1.165) is 6.20 Å². The van der Waals surface area contributed by atoms with Gasteiger partial charge in [0.1, 0.15) is 5.82 Å². The van der Waals surface area contributed by atoms with Crippen LogP contribution >= 0.6 is 0 Å². The highest BCUT2D eigenvalue weighted by atomic mass is 19.4. The number of aryl methyl sites for hydroxylation is 2. The quantitative estimate of drug-likeness (QED) is 0.875. The molecule has 1 aromatic carbocycles. The normalized spacial score (nSPS) is 13.8. The Morgan fingerprint density at radius 1 is 1.35 bits per heavy atom. The van der Waals surface area contributed by atoms with Crippen LogP contribution in [0.3, 0.4) is 0 Å². The number of hydrogen-bond donors (Lipinski definition) is 1. The number of alkyl halides is 3. The van der Waals surface area contributed by atoms with Gasteiger partial charge in [-0.15, -0.1) is 0 Å². The molecular weight excluding hydrogens is 273 g/mol. The molecule has 0 spiro atoms. The Balaban J connectivity index is 2.11. The number of halogens is 3. The minimum Gasteiger partial charge on any atom is -0.478 e. The van der Waals surface area contributed by atoms with Crippen LogP contribution in [-0.2, 0) is 19.1 Å². The Morgan fingerprint density at radius 2 is 2.10 bits per heavy atom. The van der Waals surface area contributed by atoms with Gasteiger partial charge in [0.15, 0.2) is 5.69 Å². The minimum atomic E-state index is -4.48. The van der Waals surface area contributed by atoms with Crippen LogP contribution in [0, 0.1) is 0 Å². The lowest BCUT2D eigenvalue weighted by molar-refractivity contribution is -0.140. The van der Waals surface area contributed by atoms with Crippen molar-refractivity contribution >= 4 is 5.97 Å². The molecule has 0 fully saturated rings. The molecule has 0 saturated carbocycles. The van der Waals surface area contributed by atoms with E-state index in [1.54, 1.807) is 0 Å². The molecule has 4 nitrogen and oxygen atoms in total. The van der Waals surface area contributed by atoms with Crippen molar-refractivity contribution in [3.05, 3.63) is 41.2 Å². The van der Waals surface area contributed by atoms with Gasteiger partial charge in [-0.2, -0.15) is 13.2 Å². The van der Waals surface area contributed by atoms with Crippen LogP contribution in [-0.4, -0.2) is 20.6 Å². The third kappa shape index (κ3) is 1.95. The van der Waals surface area contributed by atoms with Gasteiger partial charge in [-0.05, 0) is 24.1 Å². The van der Waals surface area contributed by atoms with E-state index in [1.165, 1.54) is 22.8 Å². The minimum absolute atomic E-state index is 0.125. The average Bonchev–Trinajstić information content (AvgIpc) is 2.82. The van der Waals surface area contributed by atoms with Gasteiger partial charge in [0.2, 0.25) is 0 Å². The van der Waals surface area contributed by atoms with Crippen molar-refractivity contribution in [2.45, 2.75) is 19.1 Å². The highest BCUT2D eigenvalue weighted by molar-refractivity contribution is 5.88. The Kier molecular flexibility index (Phi) is 2.60. The fourth-order valence-corrected chi connectivity index (χ4v) is 2.33. The molecule has 0 radical (unpaired) electrons. The summed E-state index contributed by atoms with van der Waals surface area (Å²) in [5, 5.41) is 8.92. The lowest BCUT2D eigenvalue weighted by atomic mass is 9.98. The SMILES string of the molecule is O=C(O)c1ccc2c(c1)CCn1cc(C(F)(F)F)nc1-2. The molecule has 104 valence electrons. The lowest BCUT2D eigenvalue weighted by Crippen LogP contribution is -2.11. The molecule has 1 aliphatic rings. The fourth-order valence-electron chi connectivity index (χ4n) is 2.33. The molecule has 7 heteroatoms. The summed E-state index contributed by atoms with van der Waals surface area (Å²) >= 11 is 0. The number of nitrogens with zero attached hydrogens (tertiary/aromatic N) is 2. The van der Waals surface area contributed by atoms with Crippen molar-refractivity contribution in [1.29, 1.82) is 0 Å². The third-order valence-electron chi connectivity index (χ3n) is 3.28. The van der Waals surface area contributed by atoms with Gasteiger partial charge in [-0.3, -0.25) is 0 Å². The first kappa shape index (κ1) is 12.7. The fraction of sp³-hybridized carbons (Fsp3) is 0.231. The maximum absolute atomic E-state index is 12.7. The number of rotatable bonds is 1. The van der Waals surface area contributed by atoms with E-state index < -0.39 is 17.8 Å². The molecule has 0 aliphatic carbocycles. The molecule has 0 unspecified atom stereocenters. The van der Waals surface area contributed by atoms with E-state index in [1.807, 2.05) is 0 Å². The highest BCUT2D eigenvalue weighted by Gasteiger charge is 2.35. The summed E-state index contributed by atoms with van der Waals surface area (Å²) in [6.07, 6.45) is -3.01. The molecule has 3 rings (SSSR count). The number of benzene rings is 1. The molecule has 0 atom stereocenters. The number of carbonyl (C=O) groups is 1. The van der Waals surface area contributed by atoms with Gasteiger partial charge in [0, 0.05) is 18.3 Å².